The Morgan fingerprint density at radius 1 is 1.40 bits per heavy atom. The van der Waals surface area contributed by atoms with Crippen LogP contribution in [0.4, 0.5) is 0 Å². The van der Waals surface area contributed by atoms with E-state index in [4.69, 9.17) is 4.74 Å². The first-order valence-electron chi connectivity index (χ1n) is 7.07. The van der Waals surface area contributed by atoms with Gasteiger partial charge in [-0.1, -0.05) is 6.92 Å². The first-order valence-corrected chi connectivity index (χ1v) is 8.01. The molecule has 0 aliphatic heterocycles. The van der Waals surface area contributed by atoms with Crippen LogP contribution in [0.3, 0.4) is 0 Å². The van der Waals surface area contributed by atoms with Gasteiger partial charge >= 0.3 is 0 Å². The molecular formula is C16H22N2OS. The normalized spacial score (nSPS) is 12.3. The van der Waals surface area contributed by atoms with Crippen LogP contribution in [0.5, 0.6) is 5.75 Å². The van der Waals surface area contributed by atoms with Crippen molar-refractivity contribution in [2.45, 2.75) is 32.2 Å². The molecule has 108 valence electrons. The van der Waals surface area contributed by atoms with Crippen LogP contribution >= 0.6 is 11.3 Å². The molecule has 1 atom stereocenters. The van der Waals surface area contributed by atoms with Gasteiger partial charge in [-0.2, -0.15) is 11.3 Å². The number of nitrogens with one attached hydrogen (secondary N) is 1. The van der Waals surface area contributed by atoms with Gasteiger partial charge < -0.3 is 10.1 Å². The van der Waals surface area contributed by atoms with E-state index in [0.717, 1.165) is 31.6 Å². The van der Waals surface area contributed by atoms with E-state index in [0.29, 0.717) is 6.04 Å². The molecule has 4 heteroatoms. The molecule has 0 saturated heterocycles. The molecule has 2 heterocycles. The lowest BCUT2D eigenvalue weighted by Crippen LogP contribution is -2.23. The fourth-order valence-electron chi connectivity index (χ4n) is 2.28. The Kier molecular flexibility index (Phi) is 6.02. The van der Waals surface area contributed by atoms with Crippen molar-refractivity contribution in [1.29, 1.82) is 0 Å². The molecule has 0 aliphatic rings. The van der Waals surface area contributed by atoms with Crippen LogP contribution in [0.25, 0.3) is 0 Å². The van der Waals surface area contributed by atoms with Gasteiger partial charge in [0, 0.05) is 17.8 Å². The Bertz CT molecular complexity index is 499. The fourth-order valence-corrected chi connectivity index (χ4v) is 2.98. The molecule has 1 unspecified atom stereocenters. The van der Waals surface area contributed by atoms with Crippen LogP contribution in [0.2, 0.25) is 0 Å². The Morgan fingerprint density at radius 3 is 3.00 bits per heavy atom. The maximum absolute atomic E-state index is 5.44. The fraction of sp³-hybridized carbons (Fsp3) is 0.438. The minimum Gasteiger partial charge on any atom is -0.495 e. The van der Waals surface area contributed by atoms with Crippen molar-refractivity contribution in [3.05, 3.63) is 46.4 Å². The first-order chi connectivity index (χ1) is 9.85. The molecule has 3 nitrogen and oxygen atoms in total. The van der Waals surface area contributed by atoms with Gasteiger partial charge in [0.1, 0.15) is 5.75 Å². The van der Waals surface area contributed by atoms with E-state index in [-0.39, 0.29) is 0 Å². The van der Waals surface area contributed by atoms with E-state index in [1.54, 1.807) is 24.6 Å². The third-order valence-corrected chi connectivity index (χ3v) is 4.09. The number of hydrogen-bond donors (Lipinski definition) is 1. The Morgan fingerprint density at radius 2 is 2.30 bits per heavy atom. The van der Waals surface area contributed by atoms with E-state index < -0.39 is 0 Å². The van der Waals surface area contributed by atoms with Gasteiger partial charge in [0.15, 0.2) is 0 Å². The topological polar surface area (TPSA) is 34.2 Å². The highest BCUT2D eigenvalue weighted by molar-refractivity contribution is 7.07. The van der Waals surface area contributed by atoms with Crippen LogP contribution in [0.1, 0.15) is 36.9 Å². The number of ether oxygens (including phenoxy) is 1. The molecule has 0 saturated carbocycles. The zero-order valence-electron chi connectivity index (χ0n) is 12.1. The number of thiophene rings is 1. The summed E-state index contributed by atoms with van der Waals surface area (Å²) in [6.07, 6.45) is 6.90. The monoisotopic (exact) mass is 290 g/mol. The smallest absolute Gasteiger partial charge is 0.141 e. The maximum atomic E-state index is 5.44. The number of pyridine rings is 1. The highest BCUT2D eigenvalue weighted by Crippen LogP contribution is 2.27. The van der Waals surface area contributed by atoms with Crippen LogP contribution < -0.4 is 10.1 Å². The average molecular weight is 290 g/mol. The predicted molar refractivity (Wildman–Crippen MR) is 84.5 cm³/mol. The van der Waals surface area contributed by atoms with E-state index in [2.05, 4.69) is 40.1 Å². The summed E-state index contributed by atoms with van der Waals surface area (Å²) in [5, 5.41) is 7.98. The van der Waals surface area contributed by atoms with Crippen molar-refractivity contribution >= 4 is 11.3 Å². The minimum absolute atomic E-state index is 0.313. The molecular weight excluding hydrogens is 268 g/mol. The van der Waals surface area contributed by atoms with Gasteiger partial charge in [0.25, 0.3) is 0 Å². The summed E-state index contributed by atoms with van der Waals surface area (Å²) < 4.78 is 5.44. The maximum Gasteiger partial charge on any atom is 0.141 e. The van der Waals surface area contributed by atoms with E-state index in [9.17, 15) is 0 Å². The lowest BCUT2D eigenvalue weighted by Gasteiger charge is -2.20. The first kappa shape index (κ1) is 15.0. The van der Waals surface area contributed by atoms with Gasteiger partial charge in [-0.25, -0.2) is 0 Å². The SMILES string of the molecule is CCCNC(CCc1ccsc1)c1ccncc1OC. The number of aryl methyl sites for hydroxylation is 1. The molecule has 1 N–H and O–H groups in total. The van der Waals surface area contributed by atoms with E-state index in [1.807, 2.05) is 6.20 Å². The molecule has 0 bridgehead atoms. The number of aromatic nitrogens is 1. The second-order valence-electron chi connectivity index (χ2n) is 4.79. The van der Waals surface area contributed by atoms with Crippen LogP contribution in [-0.4, -0.2) is 18.6 Å². The van der Waals surface area contributed by atoms with Crippen molar-refractivity contribution in [3.63, 3.8) is 0 Å². The molecule has 20 heavy (non-hydrogen) atoms. The second-order valence-corrected chi connectivity index (χ2v) is 5.57. The van der Waals surface area contributed by atoms with Gasteiger partial charge in [-0.15, -0.1) is 0 Å². The third kappa shape index (κ3) is 4.05. The highest BCUT2D eigenvalue weighted by atomic mass is 32.1. The van der Waals surface area contributed by atoms with Gasteiger partial charge in [0.2, 0.25) is 0 Å². The van der Waals surface area contributed by atoms with Crippen LogP contribution in [0.15, 0.2) is 35.3 Å². The Labute approximate surface area is 125 Å². The van der Waals surface area contributed by atoms with Gasteiger partial charge in [0.05, 0.1) is 13.3 Å². The largest absolute Gasteiger partial charge is 0.495 e. The van der Waals surface area contributed by atoms with Crippen molar-refractivity contribution in [3.8, 4) is 5.75 Å². The molecule has 0 amide bonds. The average Bonchev–Trinajstić information content (AvgIpc) is 3.01. The zero-order valence-corrected chi connectivity index (χ0v) is 13.0. The molecule has 0 radical (unpaired) electrons. The highest BCUT2D eigenvalue weighted by Gasteiger charge is 2.15. The molecule has 0 aliphatic carbocycles. The molecule has 0 fully saturated rings. The Balaban J connectivity index is 2.09. The van der Waals surface area contributed by atoms with Crippen molar-refractivity contribution in [1.82, 2.24) is 10.3 Å². The summed E-state index contributed by atoms with van der Waals surface area (Å²) in [4.78, 5) is 4.14. The summed E-state index contributed by atoms with van der Waals surface area (Å²) >= 11 is 1.76. The quantitative estimate of drug-likeness (QED) is 0.802. The summed E-state index contributed by atoms with van der Waals surface area (Å²) in [7, 11) is 1.70. The summed E-state index contributed by atoms with van der Waals surface area (Å²) in [5.74, 6) is 0.867. The zero-order chi connectivity index (χ0) is 14.2. The number of rotatable bonds is 8. The molecule has 0 aromatic carbocycles. The minimum atomic E-state index is 0.313. The van der Waals surface area contributed by atoms with Crippen LogP contribution in [0, 0.1) is 0 Å². The Hall–Kier alpha value is -1.39. The van der Waals surface area contributed by atoms with Crippen molar-refractivity contribution < 1.29 is 4.74 Å². The standard InChI is InChI=1S/C16H22N2OS/c1-3-8-18-15(5-4-13-7-10-20-12-13)14-6-9-17-11-16(14)19-2/h6-7,9-12,15,18H,3-5,8H2,1-2H3. The predicted octanol–water partition coefficient (Wildman–Crippen LogP) is 3.83. The van der Waals surface area contributed by atoms with Crippen molar-refractivity contribution in [2.24, 2.45) is 0 Å². The summed E-state index contributed by atoms with van der Waals surface area (Å²) in [6.45, 7) is 3.20. The molecule has 2 aromatic heterocycles. The lowest BCUT2D eigenvalue weighted by atomic mass is 10.00. The van der Waals surface area contributed by atoms with Gasteiger partial charge in [-0.3, -0.25) is 4.98 Å². The molecule has 2 aromatic rings. The van der Waals surface area contributed by atoms with E-state index >= 15 is 0 Å². The van der Waals surface area contributed by atoms with Crippen molar-refractivity contribution in [2.75, 3.05) is 13.7 Å². The molecule has 2 rings (SSSR count). The number of hydrogen-bond acceptors (Lipinski definition) is 4. The van der Waals surface area contributed by atoms with Gasteiger partial charge in [-0.05, 0) is 54.3 Å². The third-order valence-electron chi connectivity index (χ3n) is 3.35. The summed E-state index contributed by atoms with van der Waals surface area (Å²) in [5.41, 5.74) is 2.61. The summed E-state index contributed by atoms with van der Waals surface area (Å²) in [6, 6.07) is 4.57. The number of nitrogens with zero attached hydrogens (tertiary/aromatic N) is 1. The number of methoxy groups -OCH3 is 1. The van der Waals surface area contributed by atoms with E-state index in [1.165, 1.54) is 11.1 Å². The molecule has 0 spiro atoms. The second kappa shape index (κ2) is 8.02. The lowest BCUT2D eigenvalue weighted by molar-refractivity contribution is 0.393. The van der Waals surface area contributed by atoms with Crippen LogP contribution in [-0.2, 0) is 6.42 Å².